The summed E-state index contributed by atoms with van der Waals surface area (Å²) in [5, 5.41) is 39.5. The third kappa shape index (κ3) is 3.08. The van der Waals surface area contributed by atoms with Crippen LogP contribution in [-0.2, 0) is 11.3 Å². The molecule has 3 aromatic rings. The Morgan fingerprint density at radius 2 is 1.85 bits per heavy atom. The van der Waals surface area contributed by atoms with E-state index in [9.17, 15) is 20.5 Å². The fourth-order valence-electron chi connectivity index (χ4n) is 3.11. The Kier molecular flexibility index (Phi) is 4.62. The highest BCUT2D eigenvalue weighted by Gasteiger charge is 2.43. The van der Waals surface area contributed by atoms with Gasteiger partial charge >= 0.3 is 0 Å². The van der Waals surface area contributed by atoms with E-state index < -0.39 is 31.1 Å². The minimum Gasteiger partial charge on any atom is -0.425 e. The Bertz CT molecular complexity index is 1000. The van der Waals surface area contributed by atoms with Gasteiger partial charge in [-0.25, -0.2) is 9.97 Å². The standard InChI is InChI=1S/C17H19N5O5/c23-7-11-13(24)14(25)17(27-11)21-8-19-12-15(21)20-9-22(26)16(12)18-6-10-4-2-1-3-5-10/h1-5,8-9,11,13-14,17,23-26H,6-7H2/t11-,13-,14-,17-/m1/s1. The Morgan fingerprint density at radius 1 is 1.07 bits per heavy atom. The van der Waals surface area contributed by atoms with Gasteiger partial charge in [-0.2, -0.15) is 4.73 Å². The van der Waals surface area contributed by atoms with Gasteiger partial charge in [-0.3, -0.25) is 9.56 Å². The van der Waals surface area contributed by atoms with Crippen LogP contribution in [0, 0.1) is 0 Å². The molecule has 1 aliphatic rings. The van der Waals surface area contributed by atoms with Crippen molar-refractivity contribution in [2.45, 2.75) is 31.1 Å². The minimum atomic E-state index is -1.26. The Morgan fingerprint density at radius 3 is 2.56 bits per heavy atom. The SMILES string of the molecule is OC[C@H]1O[C@@H](n2cnc3c(=NCc4ccccc4)n(O)cnc32)[C@H](O)[C@@H]1O. The number of aliphatic hydroxyl groups excluding tert-OH is 3. The smallest absolute Gasteiger partial charge is 0.195 e. The molecule has 0 bridgehead atoms. The monoisotopic (exact) mass is 373 g/mol. The van der Waals surface area contributed by atoms with Crippen LogP contribution in [0.1, 0.15) is 11.8 Å². The zero-order valence-electron chi connectivity index (χ0n) is 14.2. The molecule has 0 amide bonds. The molecule has 27 heavy (non-hydrogen) atoms. The molecule has 1 saturated heterocycles. The molecule has 142 valence electrons. The van der Waals surface area contributed by atoms with E-state index in [1.807, 2.05) is 30.3 Å². The Labute approximate surface area is 153 Å². The van der Waals surface area contributed by atoms with Crippen molar-refractivity contribution in [2.75, 3.05) is 6.61 Å². The molecule has 4 atom stereocenters. The average Bonchev–Trinajstić information content (AvgIpc) is 3.23. The van der Waals surface area contributed by atoms with Crippen LogP contribution < -0.4 is 5.49 Å². The Balaban J connectivity index is 1.74. The quantitative estimate of drug-likeness (QED) is 0.439. The van der Waals surface area contributed by atoms with Crippen molar-refractivity contribution in [1.29, 1.82) is 0 Å². The number of rotatable bonds is 4. The van der Waals surface area contributed by atoms with Gasteiger partial charge in [-0.15, -0.1) is 0 Å². The van der Waals surface area contributed by atoms with Crippen LogP contribution in [0.2, 0.25) is 0 Å². The van der Waals surface area contributed by atoms with Crippen molar-refractivity contribution in [3.05, 3.63) is 54.0 Å². The largest absolute Gasteiger partial charge is 0.425 e. The maximum atomic E-state index is 10.2. The lowest BCUT2D eigenvalue weighted by atomic mass is 10.1. The zero-order chi connectivity index (χ0) is 19.0. The summed E-state index contributed by atoms with van der Waals surface area (Å²) < 4.78 is 7.74. The van der Waals surface area contributed by atoms with Gasteiger partial charge in [0, 0.05) is 0 Å². The molecule has 1 aromatic carbocycles. The van der Waals surface area contributed by atoms with E-state index in [4.69, 9.17) is 4.74 Å². The van der Waals surface area contributed by atoms with Gasteiger partial charge in [0.25, 0.3) is 0 Å². The molecule has 0 aliphatic carbocycles. The molecule has 0 unspecified atom stereocenters. The first-order valence-electron chi connectivity index (χ1n) is 8.40. The summed E-state index contributed by atoms with van der Waals surface area (Å²) in [6, 6.07) is 9.54. The minimum absolute atomic E-state index is 0.203. The van der Waals surface area contributed by atoms with Crippen LogP contribution in [0.4, 0.5) is 0 Å². The number of fused-ring (bicyclic) bond motifs is 1. The third-order valence-electron chi connectivity index (χ3n) is 4.53. The number of hydrogen-bond donors (Lipinski definition) is 4. The summed E-state index contributed by atoms with van der Waals surface area (Å²) in [5.41, 5.74) is 1.80. The molecule has 3 heterocycles. The molecule has 10 heteroatoms. The molecule has 0 spiro atoms. The maximum absolute atomic E-state index is 10.2. The van der Waals surface area contributed by atoms with Crippen molar-refractivity contribution < 1.29 is 25.3 Å². The van der Waals surface area contributed by atoms with E-state index in [1.165, 1.54) is 17.2 Å². The predicted molar refractivity (Wildman–Crippen MR) is 91.4 cm³/mol. The number of benzene rings is 1. The summed E-state index contributed by atoms with van der Waals surface area (Å²) in [7, 11) is 0. The third-order valence-corrected chi connectivity index (χ3v) is 4.53. The van der Waals surface area contributed by atoms with Crippen LogP contribution in [0.15, 0.2) is 48.0 Å². The Hall–Kier alpha value is -2.79. The number of nitrogens with zero attached hydrogens (tertiary/aromatic N) is 5. The fourth-order valence-corrected chi connectivity index (χ4v) is 3.11. The highest BCUT2D eigenvalue weighted by molar-refractivity contribution is 5.68. The highest BCUT2D eigenvalue weighted by atomic mass is 16.6. The fraction of sp³-hybridized carbons (Fsp3) is 0.353. The van der Waals surface area contributed by atoms with Gasteiger partial charge in [0.05, 0.1) is 19.5 Å². The normalized spacial score (nSPS) is 26.1. The second-order valence-electron chi connectivity index (χ2n) is 6.27. The van der Waals surface area contributed by atoms with E-state index >= 15 is 0 Å². The summed E-state index contributed by atoms with van der Waals surface area (Å²) in [6.07, 6.45) is -1.80. The predicted octanol–water partition coefficient (Wildman–Crippen LogP) is -0.818. The van der Waals surface area contributed by atoms with Crippen molar-refractivity contribution in [3.63, 3.8) is 0 Å². The molecular formula is C17H19N5O5. The molecular weight excluding hydrogens is 354 g/mol. The van der Waals surface area contributed by atoms with Crippen molar-refractivity contribution in [1.82, 2.24) is 19.3 Å². The first kappa shape index (κ1) is 17.6. The molecule has 0 saturated carbocycles. The van der Waals surface area contributed by atoms with E-state index in [0.29, 0.717) is 17.7 Å². The summed E-state index contributed by atoms with van der Waals surface area (Å²) >= 11 is 0. The lowest BCUT2D eigenvalue weighted by molar-refractivity contribution is -0.0511. The number of aliphatic hydroxyl groups is 3. The van der Waals surface area contributed by atoms with Crippen LogP contribution in [0.5, 0.6) is 0 Å². The van der Waals surface area contributed by atoms with Gasteiger partial charge in [0.1, 0.15) is 24.6 Å². The van der Waals surface area contributed by atoms with Crippen molar-refractivity contribution in [3.8, 4) is 0 Å². The van der Waals surface area contributed by atoms with Crippen LogP contribution in [-0.4, -0.2) is 64.7 Å². The van der Waals surface area contributed by atoms with Gasteiger partial charge in [0.2, 0.25) is 0 Å². The van der Waals surface area contributed by atoms with E-state index in [0.717, 1.165) is 10.3 Å². The van der Waals surface area contributed by atoms with E-state index in [2.05, 4.69) is 15.0 Å². The number of aromatic nitrogens is 4. The highest BCUT2D eigenvalue weighted by Crippen LogP contribution is 2.30. The van der Waals surface area contributed by atoms with Gasteiger partial charge in [-0.1, -0.05) is 30.3 Å². The van der Waals surface area contributed by atoms with Gasteiger partial charge < -0.3 is 25.3 Å². The van der Waals surface area contributed by atoms with Crippen LogP contribution in [0.25, 0.3) is 11.2 Å². The molecule has 4 rings (SSSR count). The van der Waals surface area contributed by atoms with Gasteiger partial charge in [-0.05, 0) is 5.56 Å². The molecule has 1 fully saturated rings. The summed E-state index contributed by atoms with van der Waals surface area (Å²) in [5.74, 6) is 0. The number of imidazole rings is 1. The maximum Gasteiger partial charge on any atom is 0.195 e. The van der Waals surface area contributed by atoms with Crippen molar-refractivity contribution in [2.24, 2.45) is 4.99 Å². The first-order chi connectivity index (χ1) is 13.1. The molecule has 1 aliphatic heterocycles. The number of hydrogen-bond acceptors (Lipinski definition) is 8. The molecule has 0 radical (unpaired) electrons. The van der Waals surface area contributed by atoms with Crippen LogP contribution >= 0.6 is 0 Å². The second kappa shape index (κ2) is 7.08. The summed E-state index contributed by atoms with van der Waals surface area (Å²) in [4.78, 5) is 12.8. The zero-order valence-corrected chi connectivity index (χ0v) is 14.2. The van der Waals surface area contributed by atoms with E-state index in [-0.39, 0.29) is 5.49 Å². The second-order valence-corrected chi connectivity index (χ2v) is 6.27. The van der Waals surface area contributed by atoms with E-state index in [1.54, 1.807) is 0 Å². The lowest BCUT2D eigenvalue weighted by Gasteiger charge is -2.16. The first-order valence-corrected chi connectivity index (χ1v) is 8.40. The topological polar surface area (TPSA) is 138 Å². The van der Waals surface area contributed by atoms with Crippen LogP contribution in [0.3, 0.4) is 0 Å². The molecule has 2 aromatic heterocycles. The number of ether oxygens (including phenoxy) is 1. The van der Waals surface area contributed by atoms with Crippen molar-refractivity contribution >= 4 is 11.2 Å². The molecule has 10 nitrogen and oxygen atoms in total. The molecule has 4 N–H and O–H groups in total. The average molecular weight is 373 g/mol. The summed E-state index contributed by atoms with van der Waals surface area (Å²) in [6.45, 7) is -0.0929. The lowest BCUT2D eigenvalue weighted by Crippen LogP contribution is -2.33. The van der Waals surface area contributed by atoms with Gasteiger partial charge in [0.15, 0.2) is 22.9 Å².